The second-order valence-electron chi connectivity index (χ2n) is 3.47. The van der Waals surface area contributed by atoms with Crippen molar-refractivity contribution >= 4 is 16.5 Å². The molecule has 0 amide bonds. The van der Waals surface area contributed by atoms with Crippen LogP contribution in [0.5, 0.6) is 0 Å². The Morgan fingerprint density at radius 3 is 2.24 bits per heavy atom. The maximum absolute atomic E-state index is 12.3. The van der Waals surface area contributed by atoms with E-state index in [4.69, 9.17) is 0 Å². The molecule has 17 heavy (non-hydrogen) atoms. The molecule has 0 unspecified atom stereocenters. The Morgan fingerprint density at radius 2 is 1.76 bits per heavy atom. The smallest absolute Gasteiger partial charge is 0.267 e. The first-order valence-corrected chi connectivity index (χ1v) is 5.52. The molecular formula is C9H9F3N4S. The fraction of sp³-hybridized carbons (Fsp3) is 0.333. The van der Waals surface area contributed by atoms with Crippen LogP contribution in [0.4, 0.5) is 18.3 Å². The molecule has 0 atom stereocenters. The molecule has 0 saturated carbocycles. The van der Waals surface area contributed by atoms with Gasteiger partial charge in [0.15, 0.2) is 0 Å². The monoisotopic (exact) mass is 262 g/mol. The van der Waals surface area contributed by atoms with E-state index < -0.39 is 11.2 Å². The molecule has 0 aliphatic rings. The summed E-state index contributed by atoms with van der Waals surface area (Å²) in [4.78, 5) is 0. The van der Waals surface area contributed by atoms with Crippen LogP contribution < -0.4 is 5.43 Å². The van der Waals surface area contributed by atoms with Crippen LogP contribution in [0.25, 0.3) is 0 Å². The quantitative estimate of drug-likeness (QED) is 0.905. The summed E-state index contributed by atoms with van der Waals surface area (Å²) < 4.78 is 38.6. The van der Waals surface area contributed by atoms with Gasteiger partial charge in [0.25, 0.3) is 0 Å². The molecule has 0 fully saturated rings. The largest absolute Gasteiger partial charge is 0.445 e. The molecular weight excluding hydrogens is 253 g/mol. The first kappa shape index (κ1) is 11.9. The Morgan fingerprint density at radius 1 is 1.18 bits per heavy atom. The van der Waals surface area contributed by atoms with Gasteiger partial charge in [-0.15, -0.1) is 10.2 Å². The van der Waals surface area contributed by atoms with Gasteiger partial charge in [-0.25, -0.2) is 0 Å². The lowest BCUT2D eigenvalue weighted by Gasteiger charge is -2.08. The van der Waals surface area contributed by atoms with Crippen LogP contribution in [0, 0.1) is 13.8 Å². The fourth-order valence-electron chi connectivity index (χ4n) is 1.32. The third-order valence-electron chi connectivity index (χ3n) is 2.15. The fourth-order valence-corrected chi connectivity index (χ4v) is 1.92. The third-order valence-corrected chi connectivity index (χ3v) is 3.02. The zero-order valence-corrected chi connectivity index (χ0v) is 9.85. The first-order chi connectivity index (χ1) is 7.88. The molecule has 0 radical (unpaired) electrons. The van der Waals surface area contributed by atoms with Gasteiger partial charge in [-0.05, 0) is 26.0 Å². The van der Waals surface area contributed by atoms with Crippen molar-refractivity contribution in [2.24, 2.45) is 0 Å². The van der Waals surface area contributed by atoms with Crippen LogP contribution in [0.15, 0.2) is 12.1 Å². The minimum absolute atomic E-state index is 0.111. The third kappa shape index (κ3) is 2.41. The molecule has 0 aromatic carbocycles. The number of hydrogen-bond acceptors (Lipinski definition) is 4. The first-order valence-electron chi connectivity index (χ1n) is 4.70. The number of nitrogens with one attached hydrogen (secondary N) is 1. The van der Waals surface area contributed by atoms with E-state index in [-0.39, 0.29) is 5.13 Å². The number of aromatic nitrogens is 3. The maximum atomic E-state index is 12.3. The standard InChI is InChI=1S/C9H9F3N4S/c1-5-3-4-6(2)16(5)15-8-14-13-7(17-8)9(10,11)12/h3-4H,1-2H3,(H,14,15). The minimum atomic E-state index is -4.45. The molecule has 8 heteroatoms. The second kappa shape index (κ2) is 4.02. The Balaban J connectivity index is 2.23. The van der Waals surface area contributed by atoms with Crippen LogP contribution in [-0.2, 0) is 6.18 Å². The van der Waals surface area contributed by atoms with Crippen molar-refractivity contribution in [1.29, 1.82) is 0 Å². The van der Waals surface area contributed by atoms with Gasteiger partial charge < -0.3 is 0 Å². The number of hydrogen-bond donors (Lipinski definition) is 1. The van der Waals surface area contributed by atoms with Crippen LogP contribution in [0.1, 0.15) is 16.4 Å². The Bertz CT molecular complexity index is 509. The average Bonchev–Trinajstić information content (AvgIpc) is 2.79. The van der Waals surface area contributed by atoms with Crippen LogP contribution in [0.3, 0.4) is 0 Å². The Hall–Kier alpha value is -1.57. The summed E-state index contributed by atoms with van der Waals surface area (Å²) in [6, 6.07) is 3.71. The number of halogens is 3. The van der Waals surface area contributed by atoms with Gasteiger partial charge in [0, 0.05) is 11.4 Å². The lowest BCUT2D eigenvalue weighted by molar-refractivity contribution is -0.138. The number of nitrogens with zero attached hydrogens (tertiary/aromatic N) is 3. The molecule has 0 aliphatic carbocycles. The van der Waals surface area contributed by atoms with E-state index in [1.807, 2.05) is 26.0 Å². The lowest BCUT2D eigenvalue weighted by atomic mass is 10.5. The van der Waals surface area contributed by atoms with Crippen molar-refractivity contribution in [3.63, 3.8) is 0 Å². The molecule has 0 spiro atoms. The zero-order chi connectivity index (χ0) is 12.6. The summed E-state index contributed by atoms with van der Waals surface area (Å²) in [5, 5.41) is 5.71. The normalized spacial score (nSPS) is 11.8. The van der Waals surface area contributed by atoms with Gasteiger partial charge >= 0.3 is 6.18 Å². The minimum Gasteiger partial charge on any atom is -0.267 e. The van der Waals surface area contributed by atoms with Gasteiger partial charge in [-0.3, -0.25) is 10.1 Å². The van der Waals surface area contributed by atoms with Crippen molar-refractivity contribution in [3.8, 4) is 0 Å². The number of rotatable bonds is 2. The molecule has 0 aliphatic heterocycles. The van der Waals surface area contributed by atoms with E-state index in [1.54, 1.807) is 4.68 Å². The van der Waals surface area contributed by atoms with Gasteiger partial charge in [-0.1, -0.05) is 11.3 Å². The molecule has 1 N–H and O–H groups in total. The molecule has 2 heterocycles. The summed E-state index contributed by atoms with van der Waals surface area (Å²) in [6.45, 7) is 3.68. The van der Waals surface area contributed by atoms with E-state index in [0.29, 0.717) is 11.3 Å². The number of alkyl halides is 3. The zero-order valence-electron chi connectivity index (χ0n) is 9.04. The topological polar surface area (TPSA) is 42.7 Å². The molecule has 2 rings (SSSR count). The van der Waals surface area contributed by atoms with Crippen molar-refractivity contribution in [1.82, 2.24) is 14.9 Å². The average molecular weight is 262 g/mol. The summed E-state index contributed by atoms with van der Waals surface area (Å²) in [5.74, 6) is 0. The van der Waals surface area contributed by atoms with Crippen molar-refractivity contribution in [3.05, 3.63) is 28.5 Å². The molecule has 2 aromatic heterocycles. The molecule has 0 bridgehead atoms. The van der Waals surface area contributed by atoms with Gasteiger partial charge in [0.1, 0.15) is 0 Å². The summed E-state index contributed by atoms with van der Waals surface area (Å²) >= 11 is 0.476. The second-order valence-corrected chi connectivity index (χ2v) is 4.45. The summed E-state index contributed by atoms with van der Waals surface area (Å²) in [6.07, 6.45) is -4.45. The predicted octanol–water partition coefficient (Wildman–Crippen LogP) is 2.85. The Kier molecular flexibility index (Phi) is 2.82. The van der Waals surface area contributed by atoms with Crippen LogP contribution >= 0.6 is 11.3 Å². The Labute approximate surface area is 99.1 Å². The highest BCUT2D eigenvalue weighted by molar-refractivity contribution is 7.15. The molecule has 92 valence electrons. The molecule has 0 saturated heterocycles. The maximum Gasteiger partial charge on any atom is 0.445 e. The molecule has 4 nitrogen and oxygen atoms in total. The molecule has 2 aromatic rings. The van der Waals surface area contributed by atoms with Crippen LogP contribution in [-0.4, -0.2) is 14.9 Å². The van der Waals surface area contributed by atoms with Crippen LogP contribution in [0.2, 0.25) is 0 Å². The SMILES string of the molecule is Cc1ccc(C)n1Nc1nnc(C(F)(F)F)s1. The van der Waals surface area contributed by atoms with Crippen molar-refractivity contribution < 1.29 is 13.2 Å². The van der Waals surface area contributed by atoms with E-state index in [1.165, 1.54) is 0 Å². The highest BCUT2D eigenvalue weighted by Crippen LogP contribution is 2.33. The number of anilines is 1. The summed E-state index contributed by atoms with van der Waals surface area (Å²) in [5.41, 5.74) is 4.54. The predicted molar refractivity (Wildman–Crippen MR) is 57.8 cm³/mol. The van der Waals surface area contributed by atoms with E-state index >= 15 is 0 Å². The highest BCUT2D eigenvalue weighted by atomic mass is 32.1. The van der Waals surface area contributed by atoms with Crippen molar-refractivity contribution in [2.75, 3.05) is 5.43 Å². The highest BCUT2D eigenvalue weighted by Gasteiger charge is 2.35. The van der Waals surface area contributed by atoms with Gasteiger partial charge in [0.2, 0.25) is 10.1 Å². The van der Waals surface area contributed by atoms with E-state index in [0.717, 1.165) is 11.4 Å². The van der Waals surface area contributed by atoms with Gasteiger partial charge in [0.05, 0.1) is 0 Å². The summed E-state index contributed by atoms with van der Waals surface area (Å²) in [7, 11) is 0. The van der Waals surface area contributed by atoms with E-state index in [9.17, 15) is 13.2 Å². The lowest BCUT2D eigenvalue weighted by Crippen LogP contribution is -2.11. The van der Waals surface area contributed by atoms with E-state index in [2.05, 4.69) is 15.6 Å². The number of aryl methyl sites for hydroxylation is 2. The van der Waals surface area contributed by atoms with Gasteiger partial charge in [-0.2, -0.15) is 13.2 Å². The van der Waals surface area contributed by atoms with Crippen molar-refractivity contribution in [2.45, 2.75) is 20.0 Å².